The number of nitrogens with zero attached hydrogens (tertiary/aromatic N) is 1. The summed E-state index contributed by atoms with van der Waals surface area (Å²) in [5.41, 5.74) is 10.8. The molecule has 0 amide bonds. The van der Waals surface area contributed by atoms with Crippen molar-refractivity contribution >= 4 is 82.1 Å². The number of aromatic nitrogens is 1. The fourth-order valence-electron chi connectivity index (χ4n) is 10.1. The first-order valence-corrected chi connectivity index (χ1v) is 24.5. The van der Waals surface area contributed by atoms with Gasteiger partial charge in [0.05, 0.1) is 16.7 Å². The molecule has 0 aliphatic carbocycles. The lowest BCUT2D eigenvalue weighted by Crippen LogP contribution is -2.74. The topological polar surface area (TPSA) is 4.93 Å². The summed E-state index contributed by atoms with van der Waals surface area (Å²) in [6.07, 6.45) is 0. The molecule has 0 N–H and O–H groups in total. The molecule has 0 aliphatic rings. The lowest BCUT2D eigenvalue weighted by atomic mass is 9.95. The van der Waals surface area contributed by atoms with Crippen LogP contribution in [-0.2, 0) is 0 Å². The van der Waals surface area contributed by atoms with E-state index in [1.807, 2.05) is 11.3 Å². The van der Waals surface area contributed by atoms with Gasteiger partial charge in [0.25, 0.3) is 0 Å². The standard InChI is InChI=1S/C60H41NSSi/c1-6-20-42(21-7-1)52-40-49(63(46-24-10-3-11-25-46,47-26-12-4-13-27-47)48-28-14-5-15-29-48)41-53(43-22-8-2-9-23-43)60(52)61-56-32-18-16-30-50(56)54-38-44(34-36-57(54)61)45-35-37-59-55(39-45)51-31-17-19-33-58(51)62-59/h1-41H. The zero-order valence-corrected chi connectivity index (χ0v) is 36.3. The Bertz CT molecular complexity index is 3440. The van der Waals surface area contributed by atoms with Crippen LogP contribution >= 0.6 is 11.3 Å². The van der Waals surface area contributed by atoms with Crippen LogP contribution < -0.4 is 20.7 Å². The molecule has 0 saturated heterocycles. The van der Waals surface area contributed by atoms with E-state index in [9.17, 15) is 0 Å². The molecule has 0 spiro atoms. The quantitative estimate of drug-likeness (QED) is 0.106. The van der Waals surface area contributed by atoms with Crippen molar-refractivity contribution in [2.24, 2.45) is 0 Å². The molecule has 63 heavy (non-hydrogen) atoms. The third-order valence-electron chi connectivity index (χ3n) is 12.9. The lowest BCUT2D eigenvalue weighted by Gasteiger charge is -2.36. The molecule has 12 aromatic rings. The van der Waals surface area contributed by atoms with Gasteiger partial charge in [-0.1, -0.05) is 212 Å². The van der Waals surface area contributed by atoms with Crippen LogP contribution in [-0.4, -0.2) is 12.6 Å². The molecule has 3 heteroatoms. The van der Waals surface area contributed by atoms with Gasteiger partial charge in [-0.2, -0.15) is 0 Å². The maximum atomic E-state index is 2.55. The zero-order chi connectivity index (χ0) is 41.7. The predicted molar refractivity (Wildman–Crippen MR) is 274 cm³/mol. The Labute approximate surface area is 372 Å². The van der Waals surface area contributed by atoms with Crippen LogP contribution in [0.15, 0.2) is 249 Å². The third-order valence-corrected chi connectivity index (χ3v) is 18.8. The van der Waals surface area contributed by atoms with Crippen LogP contribution in [0, 0.1) is 0 Å². The fraction of sp³-hybridized carbons (Fsp3) is 0. The van der Waals surface area contributed by atoms with Crippen molar-refractivity contribution in [3.05, 3.63) is 249 Å². The second-order valence-electron chi connectivity index (χ2n) is 16.4. The minimum atomic E-state index is -2.93. The number of benzene rings is 10. The van der Waals surface area contributed by atoms with Crippen molar-refractivity contribution in [3.63, 3.8) is 0 Å². The van der Waals surface area contributed by atoms with Gasteiger partial charge in [-0.15, -0.1) is 11.3 Å². The number of fused-ring (bicyclic) bond motifs is 6. The Morgan fingerprint density at radius 2 is 0.714 bits per heavy atom. The average Bonchev–Trinajstić information content (AvgIpc) is 3.90. The van der Waals surface area contributed by atoms with Crippen LogP contribution in [0.2, 0.25) is 0 Å². The molecule has 2 aromatic heterocycles. The largest absolute Gasteiger partial charge is 0.308 e. The minimum Gasteiger partial charge on any atom is -0.308 e. The summed E-state index contributed by atoms with van der Waals surface area (Å²) in [4.78, 5) is 0. The molecule has 0 atom stereocenters. The van der Waals surface area contributed by atoms with Gasteiger partial charge in [-0.25, -0.2) is 0 Å². The molecular formula is C60H41NSSi. The highest BCUT2D eigenvalue weighted by atomic mass is 32.1. The first-order valence-electron chi connectivity index (χ1n) is 21.7. The maximum Gasteiger partial charge on any atom is 0.179 e. The van der Waals surface area contributed by atoms with E-state index in [-0.39, 0.29) is 0 Å². The van der Waals surface area contributed by atoms with Crippen LogP contribution in [0.1, 0.15) is 0 Å². The van der Waals surface area contributed by atoms with Crippen molar-refractivity contribution in [1.82, 2.24) is 4.57 Å². The Morgan fingerprint density at radius 3 is 1.29 bits per heavy atom. The highest BCUT2D eigenvalue weighted by Gasteiger charge is 2.42. The van der Waals surface area contributed by atoms with E-state index in [4.69, 9.17) is 0 Å². The van der Waals surface area contributed by atoms with Crippen molar-refractivity contribution in [1.29, 1.82) is 0 Å². The number of hydrogen-bond donors (Lipinski definition) is 0. The normalized spacial score (nSPS) is 11.8. The van der Waals surface area contributed by atoms with Crippen LogP contribution in [0.25, 0.3) is 81.0 Å². The van der Waals surface area contributed by atoms with Gasteiger partial charge < -0.3 is 4.57 Å². The SMILES string of the molecule is c1ccc(-c2cc([Si](c3ccccc3)(c3ccccc3)c3ccccc3)cc(-c3ccccc3)c2-n2c3ccccc3c3cc(-c4ccc5sc6ccccc6c5c4)ccc32)cc1. The highest BCUT2D eigenvalue weighted by molar-refractivity contribution is 7.25. The van der Waals surface area contributed by atoms with Gasteiger partial charge in [-0.05, 0) is 79.4 Å². The molecule has 0 fully saturated rings. The predicted octanol–water partition coefficient (Wildman–Crippen LogP) is 13.5. The second-order valence-corrected chi connectivity index (χ2v) is 21.3. The lowest BCUT2D eigenvalue weighted by molar-refractivity contribution is 1.18. The van der Waals surface area contributed by atoms with Gasteiger partial charge in [0, 0.05) is 42.1 Å². The van der Waals surface area contributed by atoms with E-state index in [1.165, 1.54) is 102 Å². The zero-order valence-electron chi connectivity index (χ0n) is 34.5. The van der Waals surface area contributed by atoms with E-state index in [2.05, 4.69) is 253 Å². The Balaban J connectivity index is 1.19. The summed E-state index contributed by atoms with van der Waals surface area (Å²) in [6, 6.07) is 92.8. The van der Waals surface area contributed by atoms with E-state index < -0.39 is 8.07 Å². The Hall–Kier alpha value is -7.56. The van der Waals surface area contributed by atoms with Crippen LogP contribution in [0.3, 0.4) is 0 Å². The van der Waals surface area contributed by atoms with E-state index in [0.29, 0.717) is 0 Å². The van der Waals surface area contributed by atoms with Crippen LogP contribution in [0.4, 0.5) is 0 Å². The molecule has 0 unspecified atom stereocenters. The first-order chi connectivity index (χ1) is 31.3. The van der Waals surface area contributed by atoms with Gasteiger partial charge in [0.2, 0.25) is 0 Å². The van der Waals surface area contributed by atoms with E-state index in [0.717, 1.165) is 0 Å². The summed E-state index contributed by atoms with van der Waals surface area (Å²) in [6.45, 7) is 0. The number of hydrogen-bond acceptors (Lipinski definition) is 1. The van der Waals surface area contributed by atoms with Crippen molar-refractivity contribution < 1.29 is 0 Å². The number of para-hydroxylation sites is 1. The second kappa shape index (κ2) is 15.4. The Kier molecular flexibility index (Phi) is 9.10. The molecule has 0 aliphatic heterocycles. The molecule has 12 rings (SSSR count). The molecular weight excluding hydrogens is 795 g/mol. The van der Waals surface area contributed by atoms with E-state index in [1.54, 1.807) is 0 Å². The molecule has 0 radical (unpaired) electrons. The summed E-state index contributed by atoms with van der Waals surface area (Å²) in [5, 5.41) is 10.5. The van der Waals surface area contributed by atoms with E-state index >= 15 is 0 Å². The smallest absolute Gasteiger partial charge is 0.179 e. The third kappa shape index (κ3) is 6.12. The molecule has 0 saturated carbocycles. The number of thiophene rings is 1. The Morgan fingerprint density at radius 1 is 0.286 bits per heavy atom. The van der Waals surface area contributed by atoms with Crippen molar-refractivity contribution in [2.75, 3.05) is 0 Å². The summed E-state index contributed by atoms with van der Waals surface area (Å²) in [5.74, 6) is 0. The van der Waals surface area contributed by atoms with Gasteiger partial charge in [-0.3, -0.25) is 0 Å². The molecule has 296 valence electrons. The highest BCUT2D eigenvalue weighted by Crippen LogP contribution is 2.43. The summed E-state index contributed by atoms with van der Waals surface area (Å²) in [7, 11) is -2.93. The first kappa shape index (κ1) is 37.2. The monoisotopic (exact) mass is 835 g/mol. The van der Waals surface area contributed by atoms with Gasteiger partial charge >= 0.3 is 0 Å². The molecule has 10 aromatic carbocycles. The van der Waals surface area contributed by atoms with Crippen molar-refractivity contribution in [3.8, 4) is 39.1 Å². The fourth-order valence-corrected chi connectivity index (χ4v) is 16.0. The maximum absolute atomic E-state index is 2.93. The van der Waals surface area contributed by atoms with Gasteiger partial charge in [0.1, 0.15) is 0 Å². The van der Waals surface area contributed by atoms with Crippen molar-refractivity contribution in [2.45, 2.75) is 0 Å². The minimum absolute atomic E-state index is 1.18. The number of rotatable bonds is 8. The molecule has 2 heterocycles. The summed E-state index contributed by atoms with van der Waals surface area (Å²) >= 11 is 1.87. The van der Waals surface area contributed by atoms with Crippen LogP contribution in [0.5, 0.6) is 0 Å². The van der Waals surface area contributed by atoms with Gasteiger partial charge in [0.15, 0.2) is 8.07 Å². The summed E-state index contributed by atoms with van der Waals surface area (Å²) < 4.78 is 5.20. The average molecular weight is 836 g/mol. The molecule has 1 nitrogen and oxygen atoms in total. The molecule has 0 bridgehead atoms.